The van der Waals surface area contributed by atoms with Crippen LogP contribution in [0.2, 0.25) is 0 Å². The molecule has 0 aliphatic heterocycles. The Bertz CT molecular complexity index is 1100. The quantitative estimate of drug-likeness (QED) is 0.616. The number of rotatable bonds is 7. The summed E-state index contributed by atoms with van der Waals surface area (Å²) in [6.07, 6.45) is 2.50. The summed E-state index contributed by atoms with van der Waals surface area (Å²) in [4.78, 5) is 20.4. The number of sulfonamides is 1. The van der Waals surface area contributed by atoms with Crippen molar-refractivity contribution in [2.45, 2.75) is 18.7 Å². The van der Waals surface area contributed by atoms with Gasteiger partial charge in [-0.25, -0.2) is 23.1 Å². The topological polar surface area (TPSA) is 110 Å². The maximum Gasteiger partial charge on any atom is 0.264 e. The third-order valence-corrected chi connectivity index (χ3v) is 5.25. The summed E-state index contributed by atoms with van der Waals surface area (Å²) in [5.41, 5.74) is 1.64. The third kappa shape index (κ3) is 5.08. The summed E-state index contributed by atoms with van der Waals surface area (Å²) in [5, 5.41) is 2.73. The van der Waals surface area contributed by atoms with Crippen molar-refractivity contribution in [1.82, 2.24) is 9.97 Å². The lowest BCUT2D eigenvalue weighted by molar-refractivity contribution is 0.102. The van der Waals surface area contributed by atoms with Crippen molar-refractivity contribution >= 4 is 27.6 Å². The number of nitrogens with one attached hydrogen (secondary N) is 2. The van der Waals surface area contributed by atoms with Crippen LogP contribution in [0, 0.1) is 6.92 Å². The lowest BCUT2D eigenvalue weighted by atomic mass is 10.2. The third-order valence-electron chi connectivity index (χ3n) is 3.91. The predicted octanol–water partition coefficient (Wildman–Crippen LogP) is 3.24. The van der Waals surface area contributed by atoms with Gasteiger partial charge in [0, 0.05) is 12.4 Å². The molecule has 9 heteroatoms. The number of benzene rings is 2. The van der Waals surface area contributed by atoms with Gasteiger partial charge in [-0.3, -0.25) is 4.79 Å². The number of anilines is 2. The number of para-hydroxylation sites is 2. The number of ether oxygens (including phenoxy) is 1. The first-order valence-corrected chi connectivity index (χ1v) is 10.3. The molecule has 2 N–H and O–H groups in total. The van der Waals surface area contributed by atoms with E-state index >= 15 is 0 Å². The molecular formula is C20H20N4O4S. The van der Waals surface area contributed by atoms with Gasteiger partial charge in [-0.1, -0.05) is 29.8 Å². The molecule has 0 saturated carbocycles. The van der Waals surface area contributed by atoms with Crippen molar-refractivity contribution in [2.75, 3.05) is 16.6 Å². The van der Waals surface area contributed by atoms with Crippen molar-refractivity contribution in [3.63, 3.8) is 0 Å². The van der Waals surface area contributed by atoms with E-state index in [1.165, 1.54) is 24.5 Å². The molecule has 0 aliphatic rings. The zero-order valence-corrected chi connectivity index (χ0v) is 16.7. The van der Waals surface area contributed by atoms with Gasteiger partial charge in [0.2, 0.25) is 5.95 Å². The van der Waals surface area contributed by atoms with E-state index in [0.717, 1.165) is 5.56 Å². The Kier molecular flexibility index (Phi) is 6.08. The number of nitrogens with zero attached hydrogens (tertiary/aromatic N) is 2. The number of aryl methyl sites for hydroxylation is 1. The van der Waals surface area contributed by atoms with Gasteiger partial charge in [0.05, 0.1) is 22.8 Å². The number of hydrogen-bond donors (Lipinski definition) is 2. The molecule has 29 heavy (non-hydrogen) atoms. The molecule has 3 rings (SSSR count). The largest absolute Gasteiger partial charge is 0.492 e. The molecule has 2 aromatic carbocycles. The molecule has 150 valence electrons. The highest BCUT2D eigenvalue weighted by Gasteiger charge is 2.16. The number of amides is 1. The second-order valence-electron chi connectivity index (χ2n) is 6.10. The Balaban J connectivity index is 1.71. The van der Waals surface area contributed by atoms with Crippen molar-refractivity contribution in [3.8, 4) is 5.75 Å². The van der Waals surface area contributed by atoms with Gasteiger partial charge in [0.1, 0.15) is 5.75 Å². The fourth-order valence-corrected chi connectivity index (χ4v) is 3.40. The Labute approximate surface area is 169 Å². The average Bonchev–Trinajstić information content (AvgIpc) is 2.70. The molecule has 8 nitrogen and oxygen atoms in total. The number of hydrogen-bond acceptors (Lipinski definition) is 6. The molecule has 0 unspecified atom stereocenters. The highest BCUT2D eigenvalue weighted by Crippen LogP contribution is 2.24. The summed E-state index contributed by atoms with van der Waals surface area (Å²) >= 11 is 0. The summed E-state index contributed by atoms with van der Waals surface area (Å²) in [6.45, 7) is 4.18. The fraction of sp³-hybridized carbons (Fsp3) is 0.150. The molecule has 0 radical (unpaired) electrons. The lowest BCUT2D eigenvalue weighted by Gasteiger charge is -2.11. The second-order valence-corrected chi connectivity index (χ2v) is 7.78. The standard InChI is InChI=1S/C20H20N4O4S/c1-3-28-18-7-5-4-6-17(18)23-19(25)15-12-21-20(22-13-15)24-29(26,27)16-10-8-14(2)9-11-16/h4-13H,3H2,1-2H3,(H,23,25)(H,21,22,24). The van der Waals surface area contributed by atoms with E-state index in [9.17, 15) is 13.2 Å². The molecule has 0 bridgehead atoms. The fourth-order valence-electron chi connectivity index (χ4n) is 2.44. The zero-order valence-electron chi connectivity index (χ0n) is 15.9. The van der Waals surface area contributed by atoms with E-state index in [0.29, 0.717) is 18.0 Å². The van der Waals surface area contributed by atoms with E-state index in [2.05, 4.69) is 20.0 Å². The first-order valence-electron chi connectivity index (χ1n) is 8.84. The molecule has 0 aliphatic carbocycles. The van der Waals surface area contributed by atoms with Crippen LogP contribution in [-0.4, -0.2) is 30.9 Å². The minimum Gasteiger partial charge on any atom is -0.492 e. The highest BCUT2D eigenvalue weighted by molar-refractivity contribution is 7.92. The summed E-state index contributed by atoms with van der Waals surface area (Å²) in [5.74, 6) is -0.0197. The Hall–Kier alpha value is -3.46. The lowest BCUT2D eigenvalue weighted by Crippen LogP contribution is -2.17. The van der Waals surface area contributed by atoms with Crippen molar-refractivity contribution < 1.29 is 17.9 Å². The van der Waals surface area contributed by atoms with Gasteiger partial charge < -0.3 is 10.1 Å². The number of carbonyl (C=O) groups excluding carboxylic acids is 1. The van der Waals surface area contributed by atoms with Gasteiger partial charge in [-0.05, 0) is 38.1 Å². The van der Waals surface area contributed by atoms with E-state index in [1.807, 2.05) is 13.8 Å². The monoisotopic (exact) mass is 412 g/mol. The highest BCUT2D eigenvalue weighted by atomic mass is 32.2. The van der Waals surface area contributed by atoms with E-state index in [1.54, 1.807) is 36.4 Å². The first kappa shape index (κ1) is 20.3. The molecule has 0 fully saturated rings. The van der Waals surface area contributed by atoms with Crippen molar-refractivity contribution in [1.29, 1.82) is 0 Å². The molecule has 1 heterocycles. The molecule has 1 amide bonds. The van der Waals surface area contributed by atoms with Crippen LogP contribution in [0.3, 0.4) is 0 Å². The minimum absolute atomic E-state index is 0.0982. The van der Waals surface area contributed by atoms with Crippen LogP contribution >= 0.6 is 0 Å². The van der Waals surface area contributed by atoms with E-state index in [-0.39, 0.29) is 16.4 Å². The van der Waals surface area contributed by atoms with Crippen molar-refractivity contribution in [2.24, 2.45) is 0 Å². The molecule has 1 aromatic heterocycles. The molecule has 0 atom stereocenters. The minimum atomic E-state index is -3.82. The van der Waals surface area contributed by atoms with Crippen LogP contribution in [0.5, 0.6) is 5.75 Å². The van der Waals surface area contributed by atoms with Gasteiger partial charge in [-0.15, -0.1) is 0 Å². The normalized spacial score (nSPS) is 11.0. The zero-order chi connectivity index (χ0) is 20.9. The van der Waals surface area contributed by atoms with E-state index in [4.69, 9.17) is 4.74 Å². The maximum absolute atomic E-state index is 12.4. The average molecular weight is 412 g/mol. The van der Waals surface area contributed by atoms with Gasteiger partial charge in [0.25, 0.3) is 15.9 Å². The van der Waals surface area contributed by atoms with Gasteiger partial charge in [-0.2, -0.15) is 0 Å². The Morgan fingerprint density at radius 3 is 2.34 bits per heavy atom. The molecule has 3 aromatic rings. The first-order chi connectivity index (χ1) is 13.9. The van der Waals surface area contributed by atoms with Crippen LogP contribution < -0.4 is 14.8 Å². The predicted molar refractivity (Wildman–Crippen MR) is 110 cm³/mol. The van der Waals surface area contributed by atoms with Crippen LogP contribution in [0.1, 0.15) is 22.8 Å². The summed E-state index contributed by atoms with van der Waals surface area (Å²) < 4.78 is 32.5. The molecular weight excluding hydrogens is 392 g/mol. The van der Waals surface area contributed by atoms with Crippen molar-refractivity contribution in [3.05, 3.63) is 72.1 Å². The Morgan fingerprint density at radius 2 is 1.69 bits per heavy atom. The van der Waals surface area contributed by atoms with Gasteiger partial charge >= 0.3 is 0 Å². The van der Waals surface area contributed by atoms with Crippen LogP contribution in [-0.2, 0) is 10.0 Å². The van der Waals surface area contributed by atoms with Gasteiger partial charge in [0.15, 0.2) is 0 Å². The molecule has 0 saturated heterocycles. The maximum atomic E-state index is 12.4. The van der Waals surface area contributed by atoms with Crippen LogP contribution in [0.15, 0.2) is 65.8 Å². The number of carbonyl (C=O) groups is 1. The van der Waals surface area contributed by atoms with Crippen LogP contribution in [0.25, 0.3) is 0 Å². The summed E-state index contributed by atoms with van der Waals surface area (Å²) in [7, 11) is -3.82. The van der Waals surface area contributed by atoms with Crippen LogP contribution in [0.4, 0.5) is 11.6 Å². The Morgan fingerprint density at radius 1 is 1.03 bits per heavy atom. The smallest absolute Gasteiger partial charge is 0.264 e. The summed E-state index contributed by atoms with van der Waals surface area (Å²) in [6, 6.07) is 13.4. The molecule has 0 spiro atoms. The van der Waals surface area contributed by atoms with E-state index < -0.39 is 15.9 Å². The second kappa shape index (κ2) is 8.70. The SMILES string of the molecule is CCOc1ccccc1NC(=O)c1cnc(NS(=O)(=O)c2ccc(C)cc2)nc1. The number of aromatic nitrogens is 2.